The molecule has 1 N–H and O–H groups in total. The van der Waals surface area contributed by atoms with E-state index in [9.17, 15) is 19.2 Å². The summed E-state index contributed by atoms with van der Waals surface area (Å²) in [5.74, 6) is -0.444. The SMILES string of the molecule is Cn1c(=O)c2c(nc(Cl)n2CC(=O)c2ccc(NC(=O)C(C)(C)C)cc2)n(C)c1=O. The van der Waals surface area contributed by atoms with Gasteiger partial charge in [-0.1, -0.05) is 20.8 Å². The quantitative estimate of drug-likeness (QED) is 0.501. The van der Waals surface area contributed by atoms with E-state index in [2.05, 4.69) is 10.3 Å². The van der Waals surface area contributed by atoms with Gasteiger partial charge < -0.3 is 9.88 Å². The fraction of sp³-hybridized carbons (Fsp3) is 0.350. The van der Waals surface area contributed by atoms with Crippen LogP contribution < -0.4 is 16.6 Å². The van der Waals surface area contributed by atoms with Crippen molar-refractivity contribution in [3.63, 3.8) is 0 Å². The van der Waals surface area contributed by atoms with Gasteiger partial charge in [0.1, 0.15) is 0 Å². The van der Waals surface area contributed by atoms with Crippen LogP contribution in [0.4, 0.5) is 5.69 Å². The van der Waals surface area contributed by atoms with Crippen molar-refractivity contribution in [2.75, 3.05) is 5.32 Å². The summed E-state index contributed by atoms with van der Waals surface area (Å²) in [7, 11) is 2.83. The average molecular weight is 432 g/mol. The molecule has 0 aliphatic rings. The number of halogens is 1. The fourth-order valence-electron chi connectivity index (χ4n) is 2.86. The van der Waals surface area contributed by atoms with E-state index in [0.29, 0.717) is 11.3 Å². The largest absolute Gasteiger partial charge is 0.332 e. The lowest BCUT2D eigenvalue weighted by atomic mass is 9.95. The third-order valence-electron chi connectivity index (χ3n) is 4.75. The Balaban J connectivity index is 1.91. The maximum atomic E-state index is 12.8. The first kappa shape index (κ1) is 21.5. The molecule has 2 aromatic heterocycles. The Kier molecular flexibility index (Phi) is 5.42. The Morgan fingerprint density at radius 3 is 2.23 bits per heavy atom. The van der Waals surface area contributed by atoms with Crippen molar-refractivity contribution in [1.29, 1.82) is 0 Å². The molecule has 158 valence electrons. The molecule has 0 atom stereocenters. The van der Waals surface area contributed by atoms with Crippen molar-refractivity contribution in [3.8, 4) is 0 Å². The van der Waals surface area contributed by atoms with E-state index in [1.807, 2.05) is 0 Å². The van der Waals surface area contributed by atoms with Gasteiger partial charge in [-0.05, 0) is 35.9 Å². The van der Waals surface area contributed by atoms with Crippen LogP contribution in [0.1, 0.15) is 31.1 Å². The van der Waals surface area contributed by atoms with Gasteiger partial charge in [0.25, 0.3) is 5.56 Å². The number of anilines is 1. The van der Waals surface area contributed by atoms with Crippen LogP contribution >= 0.6 is 11.6 Å². The van der Waals surface area contributed by atoms with Crippen LogP contribution in [-0.2, 0) is 25.4 Å². The molecule has 30 heavy (non-hydrogen) atoms. The minimum absolute atomic E-state index is 0.0642. The minimum atomic E-state index is -0.583. The van der Waals surface area contributed by atoms with Gasteiger partial charge >= 0.3 is 5.69 Å². The molecule has 0 fully saturated rings. The Hall–Kier alpha value is -3.20. The Morgan fingerprint density at radius 1 is 1.07 bits per heavy atom. The van der Waals surface area contributed by atoms with Crippen LogP contribution in [0.25, 0.3) is 11.2 Å². The molecular weight excluding hydrogens is 410 g/mol. The van der Waals surface area contributed by atoms with E-state index in [4.69, 9.17) is 11.6 Å². The molecule has 0 aliphatic heterocycles. The van der Waals surface area contributed by atoms with Crippen molar-refractivity contribution in [2.24, 2.45) is 19.5 Å². The highest BCUT2D eigenvalue weighted by Crippen LogP contribution is 2.19. The zero-order valence-electron chi connectivity index (χ0n) is 17.3. The first-order valence-electron chi connectivity index (χ1n) is 9.18. The summed E-state index contributed by atoms with van der Waals surface area (Å²) >= 11 is 6.16. The van der Waals surface area contributed by atoms with Crippen LogP contribution in [0.5, 0.6) is 0 Å². The number of benzene rings is 1. The third kappa shape index (κ3) is 3.80. The van der Waals surface area contributed by atoms with Gasteiger partial charge in [0, 0.05) is 30.8 Å². The van der Waals surface area contributed by atoms with Crippen molar-refractivity contribution in [3.05, 3.63) is 56.0 Å². The second-order valence-electron chi connectivity index (χ2n) is 8.05. The van der Waals surface area contributed by atoms with E-state index in [1.54, 1.807) is 45.0 Å². The number of hydrogen-bond acceptors (Lipinski definition) is 5. The molecule has 0 saturated heterocycles. The molecular formula is C20H22ClN5O4. The summed E-state index contributed by atoms with van der Waals surface area (Å²) in [6.45, 7) is 5.19. The monoisotopic (exact) mass is 431 g/mol. The number of Topliss-reactive ketones (excluding diaryl/α,β-unsaturated/α-hetero) is 1. The standard InChI is InChI=1S/C20H22ClN5O4/c1-20(2,3)17(29)22-12-8-6-11(7-9-12)13(27)10-26-14-15(23-18(26)21)24(4)19(30)25(5)16(14)28/h6-9H,10H2,1-5H3,(H,22,29). The molecule has 0 spiro atoms. The van der Waals surface area contributed by atoms with Crippen LogP contribution in [0, 0.1) is 5.41 Å². The molecule has 9 nitrogen and oxygen atoms in total. The normalized spacial score (nSPS) is 11.7. The van der Waals surface area contributed by atoms with Gasteiger partial charge in [0.05, 0.1) is 6.54 Å². The maximum absolute atomic E-state index is 12.8. The second-order valence-corrected chi connectivity index (χ2v) is 8.39. The number of amides is 1. The minimum Gasteiger partial charge on any atom is -0.326 e. The number of aryl methyl sites for hydroxylation is 1. The van der Waals surface area contributed by atoms with Gasteiger partial charge in [-0.25, -0.2) is 4.79 Å². The Labute approximate surface area is 176 Å². The summed E-state index contributed by atoms with van der Waals surface area (Å²) in [6.07, 6.45) is 0. The molecule has 3 aromatic rings. The lowest BCUT2D eigenvalue weighted by Gasteiger charge is -2.17. The van der Waals surface area contributed by atoms with Crippen LogP contribution in [0.3, 0.4) is 0 Å². The number of fused-ring (bicyclic) bond motifs is 1. The highest BCUT2D eigenvalue weighted by molar-refractivity contribution is 6.29. The number of aromatic nitrogens is 4. The molecule has 0 unspecified atom stereocenters. The Bertz CT molecular complexity index is 1280. The highest BCUT2D eigenvalue weighted by atomic mass is 35.5. The van der Waals surface area contributed by atoms with Crippen LogP contribution in [0.15, 0.2) is 33.9 Å². The number of ketones is 1. The summed E-state index contributed by atoms with van der Waals surface area (Å²) in [5.41, 5.74) is -0.522. The molecule has 0 aliphatic carbocycles. The average Bonchev–Trinajstić information content (AvgIpc) is 3.01. The molecule has 0 saturated carbocycles. The summed E-state index contributed by atoms with van der Waals surface area (Å²) in [6, 6.07) is 6.43. The maximum Gasteiger partial charge on any atom is 0.332 e. The van der Waals surface area contributed by atoms with Gasteiger partial charge in [-0.15, -0.1) is 0 Å². The predicted molar refractivity (Wildman–Crippen MR) is 114 cm³/mol. The Morgan fingerprint density at radius 2 is 1.67 bits per heavy atom. The second kappa shape index (κ2) is 7.56. The third-order valence-corrected chi connectivity index (χ3v) is 5.04. The van der Waals surface area contributed by atoms with E-state index in [-0.39, 0.29) is 34.7 Å². The lowest BCUT2D eigenvalue weighted by molar-refractivity contribution is -0.123. The van der Waals surface area contributed by atoms with Crippen molar-refractivity contribution in [1.82, 2.24) is 18.7 Å². The molecule has 0 bridgehead atoms. The first-order valence-corrected chi connectivity index (χ1v) is 9.56. The number of rotatable bonds is 4. The van der Waals surface area contributed by atoms with Crippen LogP contribution in [-0.4, -0.2) is 30.4 Å². The number of nitrogens with zero attached hydrogens (tertiary/aromatic N) is 4. The van der Waals surface area contributed by atoms with Gasteiger partial charge in [0.2, 0.25) is 11.2 Å². The highest BCUT2D eigenvalue weighted by Gasteiger charge is 2.22. The smallest absolute Gasteiger partial charge is 0.326 e. The van der Waals surface area contributed by atoms with Crippen molar-refractivity contribution >= 4 is 40.1 Å². The number of imidazole rings is 1. The number of nitrogens with one attached hydrogen (secondary N) is 1. The molecule has 3 rings (SSSR count). The first-order chi connectivity index (χ1) is 13.9. The number of carbonyl (C=O) groups excluding carboxylic acids is 2. The zero-order chi connectivity index (χ0) is 22.4. The topological polar surface area (TPSA) is 108 Å². The summed E-state index contributed by atoms with van der Waals surface area (Å²) in [5, 5.41) is 2.72. The van der Waals surface area contributed by atoms with Gasteiger partial charge in [-0.3, -0.25) is 23.5 Å². The van der Waals surface area contributed by atoms with E-state index in [1.165, 1.54) is 23.2 Å². The molecule has 10 heteroatoms. The number of carbonyl (C=O) groups is 2. The van der Waals surface area contributed by atoms with Gasteiger partial charge in [-0.2, -0.15) is 4.98 Å². The molecule has 1 aromatic carbocycles. The van der Waals surface area contributed by atoms with Crippen molar-refractivity contribution in [2.45, 2.75) is 27.3 Å². The van der Waals surface area contributed by atoms with E-state index in [0.717, 1.165) is 4.57 Å². The fourth-order valence-corrected chi connectivity index (χ4v) is 3.08. The molecule has 1 amide bonds. The summed E-state index contributed by atoms with van der Waals surface area (Å²) in [4.78, 5) is 53.6. The van der Waals surface area contributed by atoms with Gasteiger partial charge in [0.15, 0.2) is 16.9 Å². The number of hydrogen-bond donors (Lipinski definition) is 1. The summed E-state index contributed by atoms with van der Waals surface area (Å²) < 4.78 is 3.43. The predicted octanol–water partition coefficient (Wildman–Crippen LogP) is 1.95. The molecule has 2 heterocycles. The van der Waals surface area contributed by atoms with Crippen LogP contribution in [0.2, 0.25) is 5.28 Å². The van der Waals surface area contributed by atoms with E-state index < -0.39 is 16.7 Å². The zero-order valence-corrected chi connectivity index (χ0v) is 18.1. The van der Waals surface area contributed by atoms with Crippen molar-refractivity contribution < 1.29 is 9.59 Å². The molecule has 0 radical (unpaired) electrons. The van der Waals surface area contributed by atoms with E-state index >= 15 is 0 Å². The lowest BCUT2D eigenvalue weighted by Crippen LogP contribution is -2.37.